The predicted molar refractivity (Wildman–Crippen MR) is 149 cm³/mol. The zero-order valence-corrected chi connectivity index (χ0v) is 22.5. The molecule has 0 radical (unpaired) electrons. The normalized spacial score (nSPS) is 14.4. The number of nitrogens with one attached hydrogen (secondary N) is 2. The summed E-state index contributed by atoms with van der Waals surface area (Å²) in [6, 6.07) is 16.0. The van der Waals surface area contributed by atoms with Gasteiger partial charge in [0.2, 0.25) is 0 Å². The molecule has 2 aromatic carbocycles. The van der Waals surface area contributed by atoms with Gasteiger partial charge in [-0.3, -0.25) is 9.63 Å². The predicted octanol–water partition coefficient (Wildman–Crippen LogP) is 4.26. The Morgan fingerprint density at radius 3 is 2.46 bits per heavy atom. The quantitative estimate of drug-likeness (QED) is 0.257. The van der Waals surface area contributed by atoms with Gasteiger partial charge in [0.1, 0.15) is 11.8 Å². The van der Waals surface area contributed by atoms with E-state index in [4.69, 9.17) is 14.7 Å². The van der Waals surface area contributed by atoms with Crippen LogP contribution in [0, 0.1) is 12.8 Å². The molecule has 0 saturated carbocycles. The van der Waals surface area contributed by atoms with E-state index in [9.17, 15) is 19.5 Å². The van der Waals surface area contributed by atoms with Gasteiger partial charge in [-0.25, -0.2) is 9.59 Å². The summed E-state index contributed by atoms with van der Waals surface area (Å²) >= 11 is 1.02. The average Bonchev–Trinajstić information content (AvgIpc) is 3.28. The topological polar surface area (TPSA) is 137 Å². The van der Waals surface area contributed by atoms with Gasteiger partial charge in [0, 0.05) is 16.1 Å². The van der Waals surface area contributed by atoms with Crippen LogP contribution in [-0.2, 0) is 14.4 Å². The molecular weight excluding hydrogens is 522 g/mol. The molecule has 1 aliphatic rings. The number of thiophene rings is 1. The number of carbonyl (C=O) groups is 3. The van der Waals surface area contributed by atoms with Gasteiger partial charge in [-0.05, 0) is 68.6 Å². The van der Waals surface area contributed by atoms with E-state index in [1.54, 1.807) is 6.92 Å². The lowest BCUT2D eigenvalue weighted by molar-refractivity contribution is -0.139. The van der Waals surface area contributed by atoms with E-state index in [1.807, 2.05) is 54.6 Å². The Kier molecular flexibility index (Phi) is 9.18. The lowest BCUT2D eigenvalue weighted by Crippen LogP contribution is -2.49. The molecule has 10 nitrogen and oxygen atoms in total. The fourth-order valence-corrected chi connectivity index (χ4v) is 5.81. The molecule has 1 fully saturated rings. The number of aromatic carboxylic acids is 1. The smallest absolute Gasteiger partial charge is 0.349 e. The Hall–Kier alpha value is -3.93. The van der Waals surface area contributed by atoms with E-state index >= 15 is 0 Å². The molecular formula is C28H31N3O7S. The number of nitrogens with zero attached hydrogens (tertiary/aromatic N) is 1. The third-order valence-corrected chi connectivity index (χ3v) is 7.88. The third-order valence-electron chi connectivity index (χ3n) is 6.57. The number of ether oxygens (including phenoxy) is 1. The number of para-hydroxylation sites is 1. The average molecular weight is 554 g/mol. The number of aliphatic carboxylic acids is 1. The van der Waals surface area contributed by atoms with Gasteiger partial charge in [0.05, 0.1) is 12.8 Å². The molecule has 1 aliphatic heterocycles. The van der Waals surface area contributed by atoms with E-state index < -0.39 is 24.6 Å². The van der Waals surface area contributed by atoms with Crippen molar-refractivity contribution in [3.63, 3.8) is 0 Å². The van der Waals surface area contributed by atoms with E-state index in [1.165, 1.54) is 12.2 Å². The highest BCUT2D eigenvalue weighted by Gasteiger charge is 2.34. The number of carboxylic acid groups (broad SMARTS) is 2. The van der Waals surface area contributed by atoms with Crippen LogP contribution in [0.15, 0.2) is 54.6 Å². The number of carboxylic acids is 2. The van der Waals surface area contributed by atoms with Crippen LogP contribution in [0.1, 0.15) is 28.1 Å². The van der Waals surface area contributed by atoms with Gasteiger partial charge in [0.25, 0.3) is 5.91 Å². The number of benzene rings is 2. The minimum absolute atomic E-state index is 0.0459. The molecule has 1 aromatic heterocycles. The first-order valence-corrected chi connectivity index (χ1v) is 13.3. The van der Waals surface area contributed by atoms with Crippen LogP contribution in [0.3, 0.4) is 0 Å². The molecule has 4 rings (SSSR count). The maximum absolute atomic E-state index is 13.8. The van der Waals surface area contributed by atoms with Crippen LogP contribution in [0.4, 0.5) is 11.4 Å². The SMILES string of the molecule is CON(C(=O)C(Nc1cccc(-c2sc(C(=O)O)c(OCC(=O)O)c2C)c1)C1CCNCC1)c1ccccc1. The molecule has 4 N–H and O–H groups in total. The summed E-state index contributed by atoms with van der Waals surface area (Å²) in [6.07, 6.45) is 1.62. The standard InChI is InChI=1S/C28H31N3O7S/c1-17-24(38-16-22(32)33)26(28(35)36)39-25(17)19-7-6-8-20(15-19)30-23(18-11-13-29-14-12-18)27(34)31(37-2)21-9-4-3-5-10-21/h3-10,15,18,23,29-30H,11-14,16H2,1-2H3,(H,32,33)(H,35,36). The first-order valence-electron chi connectivity index (χ1n) is 12.5. The highest BCUT2D eigenvalue weighted by molar-refractivity contribution is 7.18. The largest absolute Gasteiger partial charge is 0.480 e. The Bertz CT molecular complexity index is 1320. The fraction of sp³-hybridized carbons (Fsp3) is 0.321. The minimum atomic E-state index is -1.20. The summed E-state index contributed by atoms with van der Waals surface area (Å²) < 4.78 is 5.32. The van der Waals surface area contributed by atoms with Crippen molar-refractivity contribution < 1.29 is 34.2 Å². The van der Waals surface area contributed by atoms with Crippen LogP contribution in [0.25, 0.3) is 10.4 Å². The first kappa shape index (κ1) is 28.1. The van der Waals surface area contributed by atoms with Gasteiger partial charge >= 0.3 is 11.9 Å². The van der Waals surface area contributed by atoms with Crippen molar-refractivity contribution in [2.45, 2.75) is 25.8 Å². The zero-order chi connectivity index (χ0) is 27.9. The number of rotatable bonds is 11. The van der Waals surface area contributed by atoms with Gasteiger partial charge in [-0.1, -0.05) is 30.3 Å². The van der Waals surface area contributed by atoms with Gasteiger partial charge in [-0.2, -0.15) is 5.06 Å². The van der Waals surface area contributed by atoms with Crippen molar-refractivity contribution >= 4 is 40.6 Å². The molecule has 11 heteroatoms. The van der Waals surface area contributed by atoms with Crippen molar-refractivity contribution in [1.82, 2.24) is 5.32 Å². The van der Waals surface area contributed by atoms with Crippen molar-refractivity contribution in [1.29, 1.82) is 0 Å². The Balaban J connectivity index is 1.66. The van der Waals surface area contributed by atoms with Crippen molar-refractivity contribution in [3.8, 4) is 16.2 Å². The lowest BCUT2D eigenvalue weighted by Gasteiger charge is -2.34. The molecule has 0 spiro atoms. The van der Waals surface area contributed by atoms with Crippen molar-refractivity contribution in [3.05, 3.63) is 65.0 Å². The molecule has 0 aliphatic carbocycles. The summed E-state index contributed by atoms with van der Waals surface area (Å²) in [5.41, 5.74) is 2.57. The second-order valence-electron chi connectivity index (χ2n) is 9.14. The molecule has 2 heterocycles. The van der Waals surface area contributed by atoms with Gasteiger partial charge in [0.15, 0.2) is 11.5 Å². The Labute approximate surface area is 230 Å². The van der Waals surface area contributed by atoms with E-state index in [-0.39, 0.29) is 22.5 Å². The summed E-state index contributed by atoms with van der Waals surface area (Å²) in [5.74, 6) is -2.50. The van der Waals surface area contributed by atoms with Gasteiger partial charge in [-0.15, -0.1) is 11.3 Å². The molecule has 1 saturated heterocycles. The monoisotopic (exact) mass is 553 g/mol. The maximum atomic E-state index is 13.8. The lowest BCUT2D eigenvalue weighted by atomic mass is 9.89. The van der Waals surface area contributed by atoms with Crippen LogP contribution in [-0.4, -0.2) is 60.9 Å². The third kappa shape index (κ3) is 6.56. The van der Waals surface area contributed by atoms with E-state index in [0.717, 1.165) is 42.8 Å². The number of amides is 1. The van der Waals surface area contributed by atoms with Crippen LogP contribution >= 0.6 is 11.3 Å². The van der Waals surface area contributed by atoms with Gasteiger partial charge < -0.3 is 25.6 Å². The molecule has 39 heavy (non-hydrogen) atoms. The Morgan fingerprint density at radius 1 is 1.10 bits per heavy atom. The number of hydroxylamine groups is 1. The van der Waals surface area contributed by atoms with Crippen molar-refractivity contribution in [2.75, 3.05) is 37.2 Å². The van der Waals surface area contributed by atoms with Crippen LogP contribution < -0.4 is 20.4 Å². The number of hydrogen-bond acceptors (Lipinski definition) is 8. The van der Waals surface area contributed by atoms with E-state index in [0.29, 0.717) is 21.8 Å². The van der Waals surface area contributed by atoms with E-state index in [2.05, 4.69) is 10.6 Å². The molecule has 1 unspecified atom stereocenters. The number of anilines is 2. The molecule has 3 aromatic rings. The number of carbonyl (C=O) groups excluding carboxylic acids is 1. The zero-order valence-electron chi connectivity index (χ0n) is 21.7. The summed E-state index contributed by atoms with van der Waals surface area (Å²) in [7, 11) is 1.47. The fourth-order valence-electron chi connectivity index (χ4n) is 4.72. The second kappa shape index (κ2) is 12.7. The molecule has 1 atom stereocenters. The highest BCUT2D eigenvalue weighted by atomic mass is 32.1. The van der Waals surface area contributed by atoms with Crippen LogP contribution in [0.5, 0.6) is 5.75 Å². The number of hydrogen-bond donors (Lipinski definition) is 4. The molecule has 206 valence electrons. The minimum Gasteiger partial charge on any atom is -0.480 e. The highest BCUT2D eigenvalue weighted by Crippen LogP contribution is 2.42. The summed E-state index contributed by atoms with van der Waals surface area (Å²) in [6.45, 7) is 2.67. The molecule has 1 amide bonds. The van der Waals surface area contributed by atoms with Crippen molar-refractivity contribution in [2.24, 2.45) is 5.92 Å². The second-order valence-corrected chi connectivity index (χ2v) is 10.2. The maximum Gasteiger partial charge on any atom is 0.349 e. The molecule has 0 bridgehead atoms. The van der Waals surface area contributed by atoms with Crippen LogP contribution in [0.2, 0.25) is 0 Å². The Morgan fingerprint density at radius 2 is 1.82 bits per heavy atom. The summed E-state index contributed by atoms with van der Waals surface area (Å²) in [4.78, 5) is 42.8. The number of piperidine rings is 1. The summed E-state index contributed by atoms with van der Waals surface area (Å²) in [5, 5.41) is 26.7. The first-order chi connectivity index (χ1) is 18.8.